The van der Waals surface area contributed by atoms with Gasteiger partial charge in [-0.2, -0.15) is 0 Å². The fraction of sp³-hybridized carbons (Fsp3) is 0.167. The van der Waals surface area contributed by atoms with Crippen molar-refractivity contribution in [3.05, 3.63) is 24.0 Å². The quantitative estimate of drug-likeness (QED) is 0.377. The molecule has 1 aliphatic carbocycles. The van der Waals surface area contributed by atoms with Crippen molar-refractivity contribution in [3.63, 3.8) is 0 Å². The first-order valence-corrected chi connectivity index (χ1v) is 2.61. The molecule has 0 amide bonds. The summed E-state index contributed by atoms with van der Waals surface area (Å²) in [6, 6.07) is 0. The molecule has 2 N–H and O–H groups in total. The largest absolute Gasteiger partial charge is 0.506 e. The van der Waals surface area contributed by atoms with Gasteiger partial charge in [-0.1, -0.05) is 17.3 Å². The number of hydrogen-bond acceptors (Lipinski definition) is 3. The number of nitrogens with zero attached hydrogens (tertiary/aromatic N) is 1. The second-order valence-electron chi connectivity index (χ2n) is 1.73. The summed E-state index contributed by atoms with van der Waals surface area (Å²) < 4.78 is 0. The highest BCUT2D eigenvalue weighted by atomic mass is 16.4. The van der Waals surface area contributed by atoms with E-state index in [4.69, 9.17) is 10.3 Å². The first-order chi connectivity index (χ1) is 4.34. The average molecular weight is 125 g/mol. The Hall–Kier alpha value is -1.25. The van der Waals surface area contributed by atoms with Crippen LogP contribution < -0.4 is 0 Å². The van der Waals surface area contributed by atoms with Crippen molar-refractivity contribution in [1.29, 1.82) is 0 Å². The SMILES string of the molecule is ON=C1CC=CC=C1O. The van der Waals surface area contributed by atoms with Crippen molar-refractivity contribution in [1.82, 2.24) is 0 Å². The van der Waals surface area contributed by atoms with Gasteiger partial charge in [0.2, 0.25) is 0 Å². The molecule has 0 heterocycles. The molecular formula is C6H7NO2. The van der Waals surface area contributed by atoms with Crippen LogP contribution in [0.25, 0.3) is 0 Å². The van der Waals surface area contributed by atoms with Crippen molar-refractivity contribution in [2.75, 3.05) is 0 Å². The summed E-state index contributed by atoms with van der Waals surface area (Å²) in [4.78, 5) is 0. The second-order valence-corrected chi connectivity index (χ2v) is 1.73. The molecule has 0 radical (unpaired) electrons. The van der Waals surface area contributed by atoms with Crippen molar-refractivity contribution in [2.24, 2.45) is 5.16 Å². The molecule has 0 saturated heterocycles. The summed E-state index contributed by atoms with van der Waals surface area (Å²) in [5.41, 5.74) is 0.317. The maximum Gasteiger partial charge on any atom is 0.140 e. The second kappa shape index (κ2) is 2.35. The Morgan fingerprint density at radius 1 is 1.56 bits per heavy atom. The molecule has 0 aliphatic heterocycles. The highest BCUT2D eigenvalue weighted by molar-refractivity contribution is 5.99. The van der Waals surface area contributed by atoms with Crippen LogP contribution in [0.5, 0.6) is 0 Å². The molecule has 1 rings (SSSR count). The molecule has 3 nitrogen and oxygen atoms in total. The molecule has 0 fully saturated rings. The number of aliphatic hydroxyl groups is 1. The van der Waals surface area contributed by atoms with E-state index in [9.17, 15) is 0 Å². The molecule has 0 bridgehead atoms. The minimum absolute atomic E-state index is 0.0417. The zero-order chi connectivity index (χ0) is 6.69. The van der Waals surface area contributed by atoms with Crippen LogP contribution in [-0.2, 0) is 0 Å². The Morgan fingerprint density at radius 3 is 2.78 bits per heavy atom. The summed E-state index contributed by atoms with van der Waals surface area (Å²) in [6.07, 6.45) is 5.50. The summed E-state index contributed by atoms with van der Waals surface area (Å²) in [6.45, 7) is 0. The maximum absolute atomic E-state index is 8.89. The topological polar surface area (TPSA) is 52.8 Å². The zero-order valence-corrected chi connectivity index (χ0v) is 4.78. The lowest BCUT2D eigenvalue weighted by molar-refractivity contribution is 0.313. The van der Waals surface area contributed by atoms with Gasteiger partial charge in [-0.15, -0.1) is 0 Å². The van der Waals surface area contributed by atoms with Crippen molar-refractivity contribution in [3.8, 4) is 0 Å². The summed E-state index contributed by atoms with van der Waals surface area (Å²) in [5, 5.41) is 20.0. The molecule has 0 atom stereocenters. The predicted octanol–water partition coefficient (Wildman–Crippen LogP) is 1.22. The van der Waals surface area contributed by atoms with Gasteiger partial charge >= 0.3 is 0 Å². The lowest BCUT2D eigenvalue weighted by atomic mass is 10.1. The fourth-order valence-corrected chi connectivity index (χ4v) is 0.632. The average Bonchev–Trinajstić information content (AvgIpc) is 1.89. The number of hydrogen-bond donors (Lipinski definition) is 2. The molecule has 0 unspecified atom stereocenters. The molecule has 0 aromatic carbocycles. The van der Waals surface area contributed by atoms with E-state index in [0.717, 1.165) is 0 Å². The molecule has 0 saturated carbocycles. The Balaban J connectivity index is 2.83. The van der Waals surface area contributed by atoms with Gasteiger partial charge in [0.05, 0.1) is 0 Å². The molecule has 0 spiro atoms. The van der Waals surface area contributed by atoms with E-state index in [-0.39, 0.29) is 5.76 Å². The summed E-state index contributed by atoms with van der Waals surface area (Å²) in [5.74, 6) is 0.0417. The summed E-state index contributed by atoms with van der Waals surface area (Å²) >= 11 is 0. The number of allylic oxidation sites excluding steroid dienone is 4. The van der Waals surface area contributed by atoms with Gasteiger partial charge in [0.1, 0.15) is 11.5 Å². The molecular weight excluding hydrogens is 118 g/mol. The van der Waals surface area contributed by atoms with Crippen molar-refractivity contribution < 1.29 is 10.3 Å². The lowest BCUT2D eigenvalue weighted by Gasteiger charge is -2.01. The van der Waals surface area contributed by atoms with E-state index in [1.165, 1.54) is 6.08 Å². The highest BCUT2D eigenvalue weighted by Gasteiger charge is 2.05. The molecule has 9 heavy (non-hydrogen) atoms. The van der Waals surface area contributed by atoms with Gasteiger partial charge in [-0.25, -0.2) is 0 Å². The normalized spacial score (nSPS) is 22.2. The molecule has 0 aromatic rings. The van der Waals surface area contributed by atoms with Crippen LogP contribution in [-0.4, -0.2) is 16.0 Å². The number of aliphatic hydroxyl groups excluding tert-OH is 1. The van der Waals surface area contributed by atoms with Crippen LogP contribution in [0.15, 0.2) is 29.1 Å². The van der Waals surface area contributed by atoms with E-state index in [0.29, 0.717) is 12.1 Å². The molecule has 3 heteroatoms. The Morgan fingerprint density at radius 2 is 2.33 bits per heavy atom. The monoisotopic (exact) mass is 125 g/mol. The van der Waals surface area contributed by atoms with Gasteiger partial charge in [0.25, 0.3) is 0 Å². The van der Waals surface area contributed by atoms with E-state index in [1.54, 1.807) is 12.2 Å². The molecule has 48 valence electrons. The standard InChI is InChI=1S/C6H7NO2/c8-6-4-2-1-3-5(6)7-9/h1-2,4,8-9H,3H2. The third-order valence-electron chi connectivity index (χ3n) is 1.12. The lowest BCUT2D eigenvalue weighted by Crippen LogP contribution is -2.03. The number of rotatable bonds is 0. The minimum atomic E-state index is 0.0417. The first kappa shape index (κ1) is 5.88. The molecule has 0 aromatic heterocycles. The maximum atomic E-state index is 8.89. The Bertz CT molecular complexity index is 191. The predicted molar refractivity (Wildman–Crippen MR) is 33.7 cm³/mol. The Labute approximate surface area is 52.6 Å². The van der Waals surface area contributed by atoms with E-state index >= 15 is 0 Å². The van der Waals surface area contributed by atoms with E-state index in [1.807, 2.05) is 0 Å². The number of oxime groups is 1. The van der Waals surface area contributed by atoms with Gasteiger partial charge in [-0.3, -0.25) is 0 Å². The van der Waals surface area contributed by atoms with E-state index < -0.39 is 0 Å². The summed E-state index contributed by atoms with van der Waals surface area (Å²) in [7, 11) is 0. The van der Waals surface area contributed by atoms with Gasteiger partial charge in [-0.05, 0) is 6.08 Å². The highest BCUT2D eigenvalue weighted by Crippen LogP contribution is 2.05. The van der Waals surface area contributed by atoms with Crippen LogP contribution >= 0.6 is 0 Å². The van der Waals surface area contributed by atoms with Crippen LogP contribution in [0.2, 0.25) is 0 Å². The van der Waals surface area contributed by atoms with E-state index in [2.05, 4.69) is 5.16 Å². The smallest absolute Gasteiger partial charge is 0.140 e. The first-order valence-electron chi connectivity index (χ1n) is 2.61. The van der Waals surface area contributed by atoms with Crippen molar-refractivity contribution >= 4 is 5.71 Å². The van der Waals surface area contributed by atoms with Gasteiger partial charge < -0.3 is 10.3 Å². The van der Waals surface area contributed by atoms with Crippen LogP contribution in [0, 0.1) is 0 Å². The third-order valence-corrected chi connectivity index (χ3v) is 1.12. The van der Waals surface area contributed by atoms with Gasteiger partial charge in [0.15, 0.2) is 0 Å². The third kappa shape index (κ3) is 1.10. The fourth-order valence-electron chi connectivity index (χ4n) is 0.632. The zero-order valence-electron chi connectivity index (χ0n) is 4.78. The van der Waals surface area contributed by atoms with Crippen LogP contribution in [0.4, 0.5) is 0 Å². The van der Waals surface area contributed by atoms with Crippen molar-refractivity contribution in [2.45, 2.75) is 6.42 Å². The van der Waals surface area contributed by atoms with Crippen LogP contribution in [0.3, 0.4) is 0 Å². The minimum Gasteiger partial charge on any atom is -0.506 e. The molecule has 1 aliphatic rings. The van der Waals surface area contributed by atoms with Crippen LogP contribution in [0.1, 0.15) is 6.42 Å². The Kier molecular flexibility index (Phi) is 1.53. The van der Waals surface area contributed by atoms with Gasteiger partial charge in [0, 0.05) is 6.42 Å².